The van der Waals surface area contributed by atoms with Crippen molar-refractivity contribution in [3.63, 3.8) is 0 Å². The number of ether oxygens (including phenoxy) is 2. The average Bonchev–Trinajstić information content (AvgIpc) is 2.44. The van der Waals surface area contributed by atoms with Crippen LogP contribution in [0.2, 0.25) is 0 Å². The molecule has 0 amide bonds. The van der Waals surface area contributed by atoms with Crippen LogP contribution in [0.4, 0.5) is 11.4 Å². The highest BCUT2D eigenvalue weighted by atomic mass is 16.5. The molecule has 20 heavy (non-hydrogen) atoms. The lowest BCUT2D eigenvalue weighted by atomic mass is 10.1. The Balaban J connectivity index is 2.42. The van der Waals surface area contributed by atoms with Crippen LogP contribution in [0, 0.1) is 0 Å². The third-order valence-electron chi connectivity index (χ3n) is 2.69. The molecule has 112 valence electrons. The molecule has 0 atom stereocenters. The Kier molecular flexibility index (Phi) is 7.50. The monoisotopic (exact) mass is 280 g/mol. The molecule has 1 rings (SSSR count). The zero-order chi connectivity index (χ0) is 14.8. The van der Waals surface area contributed by atoms with Gasteiger partial charge in [-0.15, -0.1) is 0 Å². The molecule has 0 aliphatic carbocycles. The third kappa shape index (κ3) is 5.48. The molecule has 1 aromatic carbocycles. The maximum Gasteiger partial charge on any atom is 0.338 e. The number of nitrogens with two attached hydrogens (primary N) is 1. The first-order chi connectivity index (χ1) is 9.69. The van der Waals surface area contributed by atoms with Gasteiger partial charge in [-0.3, -0.25) is 0 Å². The van der Waals surface area contributed by atoms with Crippen molar-refractivity contribution >= 4 is 17.3 Å². The average molecular weight is 280 g/mol. The number of nitrogens with one attached hydrogen (secondary N) is 1. The van der Waals surface area contributed by atoms with Crippen molar-refractivity contribution in [3.8, 4) is 0 Å². The van der Waals surface area contributed by atoms with Crippen LogP contribution >= 0.6 is 0 Å². The van der Waals surface area contributed by atoms with Crippen LogP contribution in [0.25, 0.3) is 0 Å². The molecular formula is C15H24N2O3. The van der Waals surface area contributed by atoms with Crippen molar-refractivity contribution in [3.05, 3.63) is 23.8 Å². The van der Waals surface area contributed by atoms with Gasteiger partial charge in [0.25, 0.3) is 0 Å². The van der Waals surface area contributed by atoms with Crippen molar-refractivity contribution in [1.29, 1.82) is 0 Å². The Bertz CT molecular complexity index is 422. The summed E-state index contributed by atoms with van der Waals surface area (Å²) in [7, 11) is 0. The first-order valence-corrected chi connectivity index (χ1v) is 7.07. The fourth-order valence-electron chi connectivity index (χ4n) is 1.71. The van der Waals surface area contributed by atoms with E-state index in [2.05, 4.69) is 12.2 Å². The predicted molar refractivity (Wildman–Crippen MR) is 81.0 cm³/mol. The standard InChI is InChI=1S/C15H24N2O3/c1-3-9-19-10-5-8-17-14-7-6-12(11-13(14)16)15(18)20-4-2/h6-7,11,17H,3-5,8-10,16H2,1-2H3. The van der Waals surface area contributed by atoms with E-state index in [1.165, 1.54) is 0 Å². The predicted octanol–water partition coefficient (Wildman–Crippen LogP) is 2.67. The Morgan fingerprint density at radius 2 is 2.10 bits per heavy atom. The summed E-state index contributed by atoms with van der Waals surface area (Å²) in [6.07, 6.45) is 1.95. The number of nitrogen functional groups attached to an aromatic ring is 1. The van der Waals surface area contributed by atoms with E-state index in [0.29, 0.717) is 17.9 Å². The highest BCUT2D eigenvalue weighted by Crippen LogP contribution is 2.20. The molecule has 0 aliphatic rings. The topological polar surface area (TPSA) is 73.6 Å². The smallest absolute Gasteiger partial charge is 0.338 e. The second-order valence-corrected chi connectivity index (χ2v) is 4.42. The molecule has 0 fully saturated rings. The maximum absolute atomic E-state index is 11.6. The minimum Gasteiger partial charge on any atom is -0.462 e. The molecule has 0 heterocycles. The molecule has 5 heteroatoms. The van der Waals surface area contributed by atoms with Crippen molar-refractivity contribution in [2.24, 2.45) is 0 Å². The Hall–Kier alpha value is -1.75. The summed E-state index contributed by atoms with van der Waals surface area (Å²) in [4.78, 5) is 11.6. The van der Waals surface area contributed by atoms with E-state index in [4.69, 9.17) is 15.2 Å². The van der Waals surface area contributed by atoms with Crippen LogP contribution in [0.3, 0.4) is 0 Å². The van der Waals surface area contributed by atoms with E-state index in [-0.39, 0.29) is 5.97 Å². The Morgan fingerprint density at radius 3 is 2.75 bits per heavy atom. The molecule has 0 saturated carbocycles. The molecule has 3 N–H and O–H groups in total. The molecule has 1 aromatic rings. The number of carbonyl (C=O) groups excluding carboxylic acids is 1. The van der Waals surface area contributed by atoms with Crippen LogP contribution in [0.15, 0.2) is 18.2 Å². The zero-order valence-electron chi connectivity index (χ0n) is 12.3. The minimum absolute atomic E-state index is 0.348. The first-order valence-electron chi connectivity index (χ1n) is 7.07. The van der Waals surface area contributed by atoms with Gasteiger partial charge in [0.15, 0.2) is 0 Å². The fraction of sp³-hybridized carbons (Fsp3) is 0.533. The molecule has 0 unspecified atom stereocenters. The molecule has 5 nitrogen and oxygen atoms in total. The lowest BCUT2D eigenvalue weighted by Crippen LogP contribution is -2.09. The summed E-state index contributed by atoms with van der Waals surface area (Å²) in [5, 5.41) is 3.23. The first kappa shape index (κ1) is 16.3. The van der Waals surface area contributed by atoms with Crippen molar-refractivity contribution < 1.29 is 14.3 Å². The van der Waals surface area contributed by atoms with Gasteiger partial charge in [0.05, 0.1) is 23.5 Å². The van der Waals surface area contributed by atoms with Crippen molar-refractivity contribution in [2.75, 3.05) is 37.4 Å². The van der Waals surface area contributed by atoms with Gasteiger partial charge in [0.1, 0.15) is 0 Å². The van der Waals surface area contributed by atoms with Gasteiger partial charge in [-0.2, -0.15) is 0 Å². The van der Waals surface area contributed by atoms with Crippen LogP contribution in [0.1, 0.15) is 37.0 Å². The van der Waals surface area contributed by atoms with Crippen molar-refractivity contribution in [2.45, 2.75) is 26.7 Å². The van der Waals surface area contributed by atoms with Gasteiger partial charge in [0, 0.05) is 19.8 Å². The normalized spacial score (nSPS) is 10.3. The second kappa shape index (κ2) is 9.20. The number of hydrogen-bond acceptors (Lipinski definition) is 5. The maximum atomic E-state index is 11.6. The molecule has 0 aromatic heterocycles. The number of hydrogen-bond donors (Lipinski definition) is 2. The van der Waals surface area contributed by atoms with Gasteiger partial charge in [0.2, 0.25) is 0 Å². The van der Waals surface area contributed by atoms with Crippen LogP contribution in [0.5, 0.6) is 0 Å². The van der Waals surface area contributed by atoms with Gasteiger partial charge in [-0.05, 0) is 38.0 Å². The molecule has 0 spiro atoms. The minimum atomic E-state index is -0.348. The SMILES string of the molecule is CCCOCCCNc1ccc(C(=O)OCC)cc1N. The van der Waals surface area contributed by atoms with Gasteiger partial charge in [-0.25, -0.2) is 4.79 Å². The Labute approximate surface area is 120 Å². The largest absolute Gasteiger partial charge is 0.462 e. The van der Waals surface area contributed by atoms with E-state index in [1.807, 2.05) is 0 Å². The number of benzene rings is 1. The van der Waals surface area contributed by atoms with Crippen LogP contribution in [-0.4, -0.2) is 32.3 Å². The van der Waals surface area contributed by atoms with Gasteiger partial charge < -0.3 is 20.5 Å². The summed E-state index contributed by atoms with van der Waals surface area (Å²) in [5.41, 5.74) is 7.76. The van der Waals surface area contributed by atoms with E-state index < -0.39 is 0 Å². The van der Waals surface area contributed by atoms with Gasteiger partial charge in [-0.1, -0.05) is 6.92 Å². The number of anilines is 2. The van der Waals surface area contributed by atoms with E-state index in [9.17, 15) is 4.79 Å². The number of esters is 1. The highest BCUT2D eigenvalue weighted by molar-refractivity contribution is 5.91. The quantitative estimate of drug-likeness (QED) is 0.413. The molecule has 0 saturated heterocycles. The summed E-state index contributed by atoms with van der Waals surface area (Å²) in [5.74, 6) is -0.348. The summed E-state index contributed by atoms with van der Waals surface area (Å²) < 4.78 is 10.3. The van der Waals surface area contributed by atoms with E-state index >= 15 is 0 Å². The van der Waals surface area contributed by atoms with Gasteiger partial charge >= 0.3 is 5.97 Å². The lowest BCUT2D eigenvalue weighted by molar-refractivity contribution is 0.0526. The molecular weight excluding hydrogens is 256 g/mol. The van der Waals surface area contributed by atoms with E-state index in [1.54, 1.807) is 25.1 Å². The van der Waals surface area contributed by atoms with Crippen molar-refractivity contribution in [1.82, 2.24) is 0 Å². The fourth-order valence-corrected chi connectivity index (χ4v) is 1.71. The molecule has 0 radical (unpaired) electrons. The Morgan fingerprint density at radius 1 is 1.30 bits per heavy atom. The summed E-state index contributed by atoms with van der Waals surface area (Å²) >= 11 is 0. The molecule has 0 aliphatic heterocycles. The summed E-state index contributed by atoms with van der Waals surface area (Å²) in [6, 6.07) is 5.15. The number of carbonyl (C=O) groups is 1. The third-order valence-corrected chi connectivity index (χ3v) is 2.69. The summed E-state index contributed by atoms with van der Waals surface area (Å²) in [6.45, 7) is 6.54. The van der Waals surface area contributed by atoms with Crippen LogP contribution in [-0.2, 0) is 9.47 Å². The van der Waals surface area contributed by atoms with E-state index in [0.717, 1.165) is 38.3 Å². The lowest BCUT2D eigenvalue weighted by Gasteiger charge is -2.10. The molecule has 0 bridgehead atoms. The zero-order valence-corrected chi connectivity index (χ0v) is 12.3. The highest BCUT2D eigenvalue weighted by Gasteiger charge is 2.08. The second-order valence-electron chi connectivity index (χ2n) is 4.42. The van der Waals surface area contributed by atoms with Crippen LogP contribution < -0.4 is 11.1 Å². The number of rotatable bonds is 9.